The van der Waals surface area contributed by atoms with E-state index in [2.05, 4.69) is 10.2 Å². The van der Waals surface area contributed by atoms with E-state index in [-0.39, 0.29) is 17.9 Å². The third-order valence-electron chi connectivity index (χ3n) is 4.00. The molecule has 0 bridgehead atoms. The summed E-state index contributed by atoms with van der Waals surface area (Å²) in [6.45, 7) is 2.03. The van der Waals surface area contributed by atoms with Gasteiger partial charge in [0.25, 0.3) is 0 Å². The minimum absolute atomic E-state index is 0.114. The number of hydrogen-bond acceptors (Lipinski definition) is 4. The number of anilines is 2. The van der Waals surface area contributed by atoms with Gasteiger partial charge in [-0.15, -0.1) is 0 Å². The van der Waals surface area contributed by atoms with Gasteiger partial charge in [-0.3, -0.25) is 15.0 Å². The van der Waals surface area contributed by atoms with Crippen molar-refractivity contribution in [2.75, 3.05) is 29.4 Å². The number of imide groups is 1. The van der Waals surface area contributed by atoms with Gasteiger partial charge < -0.3 is 9.69 Å². The highest BCUT2D eigenvalue weighted by molar-refractivity contribution is 6.05. The summed E-state index contributed by atoms with van der Waals surface area (Å²) in [4.78, 5) is 37.4. The van der Waals surface area contributed by atoms with Crippen molar-refractivity contribution in [1.82, 2.24) is 5.32 Å². The number of amides is 3. The lowest BCUT2D eigenvalue weighted by Gasteiger charge is -2.27. The largest absolute Gasteiger partial charge is 0.371 e. The van der Waals surface area contributed by atoms with E-state index in [1.165, 1.54) is 0 Å². The van der Waals surface area contributed by atoms with Crippen LogP contribution in [0.3, 0.4) is 0 Å². The number of rotatable bonds is 3. The quantitative estimate of drug-likeness (QED) is 0.847. The molecule has 0 saturated carbocycles. The van der Waals surface area contributed by atoms with Crippen LogP contribution in [0.5, 0.6) is 0 Å². The molecule has 0 radical (unpaired) electrons. The lowest BCUT2D eigenvalue weighted by molar-refractivity contribution is -0.120. The second kappa shape index (κ2) is 5.55. The lowest BCUT2D eigenvalue weighted by atomic mass is 10.1. The molecule has 1 atom stereocenters. The summed E-state index contributed by atoms with van der Waals surface area (Å²) in [6.07, 6.45) is 2.23. The number of aldehydes is 1. The summed E-state index contributed by atoms with van der Waals surface area (Å²) in [5.74, 6) is -0.117. The molecule has 2 fully saturated rings. The highest BCUT2D eigenvalue weighted by Gasteiger charge is 2.25. The second-order valence-electron chi connectivity index (χ2n) is 5.40. The summed E-state index contributed by atoms with van der Waals surface area (Å²) >= 11 is 0. The maximum Gasteiger partial charge on any atom is 0.328 e. The Morgan fingerprint density at radius 3 is 2.43 bits per heavy atom. The van der Waals surface area contributed by atoms with Crippen molar-refractivity contribution in [2.24, 2.45) is 5.92 Å². The topological polar surface area (TPSA) is 69.7 Å². The first-order valence-corrected chi connectivity index (χ1v) is 7.09. The van der Waals surface area contributed by atoms with E-state index in [1.807, 2.05) is 24.3 Å². The van der Waals surface area contributed by atoms with Crippen LogP contribution in [-0.2, 0) is 9.59 Å². The molecule has 2 heterocycles. The average Bonchev–Trinajstić information content (AvgIpc) is 2.96. The molecule has 2 aliphatic rings. The third kappa shape index (κ3) is 2.74. The molecule has 6 heteroatoms. The Hall–Kier alpha value is -2.37. The van der Waals surface area contributed by atoms with E-state index < -0.39 is 0 Å². The number of hydrogen-bond donors (Lipinski definition) is 1. The van der Waals surface area contributed by atoms with Gasteiger partial charge in [-0.1, -0.05) is 0 Å². The number of nitrogens with one attached hydrogen (secondary N) is 1. The third-order valence-corrected chi connectivity index (χ3v) is 4.00. The molecule has 0 spiro atoms. The van der Waals surface area contributed by atoms with E-state index in [0.29, 0.717) is 13.0 Å². The van der Waals surface area contributed by atoms with Crippen LogP contribution < -0.4 is 15.1 Å². The molecule has 6 nitrogen and oxygen atoms in total. The highest BCUT2D eigenvalue weighted by atomic mass is 16.2. The summed E-state index contributed by atoms with van der Waals surface area (Å²) in [7, 11) is 0. The van der Waals surface area contributed by atoms with E-state index in [4.69, 9.17) is 0 Å². The van der Waals surface area contributed by atoms with Crippen molar-refractivity contribution >= 4 is 29.6 Å². The van der Waals surface area contributed by atoms with Crippen molar-refractivity contribution in [2.45, 2.75) is 12.8 Å². The van der Waals surface area contributed by atoms with Crippen LogP contribution >= 0.6 is 0 Å². The number of benzene rings is 1. The predicted octanol–water partition coefficient (Wildman–Crippen LogP) is 1.16. The van der Waals surface area contributed by atoms with Crippen LogP contribution in [0.2, 0.25) is 0 Å². The van der Waals surface area contributed by atoms with Gasteiger partial charge >= 0.3 is 6.03 Å². The molecule has 21 heavy (non-hydrogen) atoms. The summed E-state index contributed by atoms with van der Waals surface area (Å²) in [5, 5.41) is 2.31. The van der Waals surface area contributed by atoms with Crippen molar-refractivity contribution in [3.05, 3.63) is 24.3 Å². The summed E-state index contributed by atoms with van der Waals surface area (Å²) in [6, 6.07) is 7.28. The molecule has 0 aromatic heterocycles. The molecule has 1 aromatic rings. The minimum Gasteiger partial charge on any atom is -0.371 e. The number of nitrogens with zero attached hydrogens (tertiary/aromatic N) is 2. The van der Waals surface area contributed by atoms with Crippen LogP contribution in [0.25, 0.3) is 0 Å². The summed E-state index contributed by atoms with van der Waals surface area (Å²) < 4.78 is 0. The van der Waals surface area contributed by atoms with Gasteiger partial charge in [-0.2, -0.15) is 0 Å². The normalized spacial score (nSPS) is 22.4. The standard InChI is InChI=1S/C15H17N3O3/c19-10-11-5-7-17(9-11)12-1-3-13(4-2-12)18-8-6-14(20)16-15(18)21/h1-4,10-11H,5-9H2,(H,16,20,21)/t11-/m0/s1. The zero-order chi connectivity index (χ0) is 14.8. The fraction of sp³-hybridized carbons (Fsp3) is 0.400. The number of urea groups is 1. The van der Waals surface area contributed by atoms with E-state index in [9.17, 15) is 14.4 Å². The Morgan fingerprint density at radius 2 is 1.81 bits per heavy atom. The molecular formula is C15H17N3O3. The fourth-order valence-electron chi connectivity index (χ4n) is 2.79. The second-order valence-corrected chi connectivity index (χ2v) is 5.40. The predicted molar refractivity (Wildman–Crippen MR) is 78.3 cm³/mol. The zero-order valence-corrected chi connectivity index (χ0v) is 11.6. The molecule has 0 aliphatic carbocycles. The zero-order valence-electron chi connectivity index (χ0n) is 11.6. The minimum atomic E-state index is -0.374. The maximum absolute atomic E-state index is 11.8. The van der Waals surface area contributed by atoms with Gasteiger partial charge in [-0.25, -0.2) is 4.79 Å². The van der Waals surface area contributed by atoms with Crippen molar-refractivity contribution in [1.29, 1.82) is 0 Å². The maximum atomic E-state index is 11.8. The van der Waals surface area contributed by atoms with Gasteiger partial charge in [0.1, 0.15) is 6.29 Å². The summed E-state index contributed by atoms with van der Waals surface area (Å²) in [5.41, 5.74) is 1.83. The van der Waals surface area contributed by atoms with Crippen molar-refractivity contribution in [3.8, 4) is 0 Å². The lowest BCUT2D eigenvalue weighted by Crippen LogP contribution is -2.49. The van der Waals surface area contributed by atoms with Gasteiger partial charge in [0, 0.05) is 43.3 Å². The van der Waals surface area contributed by atoms with Gasteiger partial charge in [-0.05, 0) is 30.7 Å². The van der Waals surface area contributed by atoms with Gasteiger partial charge in [0.2, 0.25) is 5.91 Å². The Labute approximate surface area is 122 Å². The van der Waals surface area contributed by atoms with E-state index in [0.717, 1.165) is 37.2 Å². The number of carbonyl (C=O) groups is 3. The first-order valence-electron chi connectivity index (χ1n) is 7.09. The van der Waals surface area contributed by atoms with Crippen LogP contribution in [0.15, 0.2) is 24.3 Å². The SMILES string of the molecule is O=C[C@H]1CCN(c2ccc(N3CCC(=O)NC3=O)cc2)C1. The fourth-order valence-corrected chi connectivity index (χ4v) is 2.79. The Morgan fingerprint density at radius 1 is 1.10 bits per heavy atom. The molecule has 1 aromatic carbocycles. The first-order chi connectivity index (χ1) is 10.2. The Balaban J connectivity index is 1.71. The van der Waals surface area contributed by atoms with Gasteiger partial charge in [0.15, 0.2) is 0 Å². The molecule has 0 unspecified atom stereocenters. The molecule has 2 saturated heterocycles. The smallest absolute Gasteiger partial charge is 0.328 e. The molecule has 110 valence electrons. The van der Waals surface area contributed by atoms with Crippen LogP contribution in [0.1, 0.15) is 12.8 Å². The molecule has 1 N–H and O–H groups in total. The van der Waals surface area contributed by atoms with Crippen LogP contribution in [0.4, 0.5) is 16.2 Å². The first kappa shape index (κ1) is 13.6. The number of carbonyl (C=O) groups excluding carboxylic acids is 3. The van der Waals surface area contributed by atoms with E-state index >= 15 is 0 Å². The van der Waals surface area contributed by atoms with Crippen LogP contribution in [0, 0.1) is 5.92 Å². The molecule has 3 amide bonds. The monoisotopic (exact) mass is 287 g/mol. The molecule has 2 aliphatic heterocycles. The van der Waals surface area contributed by atoms with Gasteiger partial charge in [0.05, 0.1) is 0 Å². The van der Waals surface area contributed by atoms with Crippen LogP contribution in [-0.4, -0.2) is 37.9 Å². The van der Waals surface area contributed by atoms with Crippen molar-refractivity contribution < 1.29 is 14.4 Å². The molecule has 3 rings (SSSR count). The van der Waals surface area contributed by atoms with Crippen molar-refractivity contribution in [3.63, 3.8) is 0 Å². The Bertz CT molecular complexity index is 570. The highest BCUT2D eigenvalue weighted by Crippen LogP contribution is 2.26. The van der Waals surface area contributed by atoms with E-state index in [1.54, 1.807) is 4.90 Å². The Kier molecular flexibility index (Phi) is 3.60. The average molecular weight is 287 g/mol. The molecular weight excluding hydrogens is 270 g/mol.